The van der Waals surface area contributed by atoms with E-state index in [0.717, 1.165) is 24.1 Å². The zero-order chi connectivity index (χ0) is 19.7. The third-order valence-corrected chi connectivity index (χ3v) is 7.05. The molecule has 28 heavy (non-hydrogen) atoms. The lowest BCUT2D eigenvalue weighted by atomic mass is 9.81. The number of carbonyl (C=O) groups is 2. The number of hydrazine groups is 1. The van der Waals surface area contributed by atoms with Gasteiger partial charge in [0.15, 0.2) is 0 Å². The summed E-state index contributed by atoms with van der Waals surface area (Å²) in [5.74, 6) is 0.532. The monoisotopic (exact) mass is 404 g/mol. The molecule has 152 valence electrons. The Kier molecular flexibility index (Phi) is 5.90. The lowest BCUT2D eigenvalue weighted by Gasteiger charge is -2.35. The Bertz CT molecular complexity index is 748. The number of halogens is 1. The highest BCUT2D eigenvalue weighted by atomic mass is 35.5. The molecule has 2 saturated heterocycles. The van der Waals surface area contributed by atoms with Gasteiger partial charge in [0.1, 0.15) is 6.04 Å². The predicted molar refractivity (Wildman–Crippen MR) is 110 cm³/mol. The number of nitrogens with one attached hydrogen (secondary N) is 3. The van der Waals surface area contributed by atoms with Crippen LogP contribution >= 0.6 is 11.6 Å². The number of carbonyl (C=O) groups excluding carboxylic acids is 2. The van der Waals surface area contributed by atoms with Crippen molar-refractivity contribution in [1.29, 1.82) is 0 Å². The van der Waals surface area contributed by atoms with Gasteiger partial charge < -0.3 is 10.2 Å². The van der Waals surface area contributed by atoms with E-state index in [9.17, 15) is 9.59 Å². The molecule has 6 nitrogen and oxygen atoms in total. The fraction of sp³-hybridized carbons (Fsp3) is 0.619. The van der Waals surface area contributed by atoms with E-state index in [4.69, 9.17) is 11.6 Å². The van der Waals surface area contributed by atoms with E-state index in [1.807, 2.05) is 30.0 Å². The fourth-order valence-electron chi connectivity index (χ4n) is 4.82. The molecular weight excluding hydrogens is 376 g/mol. The first kappa shape index (κ1) is 19.7. The third kappa shape index (κ3) is 3.91. The summed E-state index contributed by atoms with van der Waals surface area (Å²) in [6.45, 7) is 3.18. The lowest BCUT2D eigenvalue weighted by molar-refractivity contribution is -0.137. The van der Waals surface area contributed by atoms with Crippen molar-refractivity contribution < 1.29 is 9.59 Å². The molecule has 0 bridgehead atoms. The predicted octanol–water partition coefficient (Wildman–Crippen LogP) is 2.86. The van der Waals surface area contributed by atoms with Crippen LogP contribution in [0.1, 0.15) is 44.1 Å². The summed E-state index contributed by atoms with van der Waals surface area (Å²) in [6.07, 6.45) is 6.10. The van der Waals surface area contributed by atoms with Crippen molar-refractivity contribution in [3.63, 3.8) is 0 Å². The molecule has 3 aliphatic rings. The molecule has 3 unspecified atom stereocenters. The zero-order valence-electron chi connectivity index (χ0n) is 16.3. The highest BCUT2D eigenvalue weighted by Gasteiger charge is 2.43. The fourth-order valence-corrected chi connectivity index (χ4v) is 5.00. The number of fused-ring (bicyclic) bond motifs is 1. The van der Waals surface area contributed by atoms with E-state index in [1.165, 1.54) is 12.8 Å². The average molecular weight is 405 g/mol. The van der Waals surface area contributed by atoms with Crippen molar-refractivity contribution in [3.8, 4) is 0 Å². The summed E-state index contributed by atoms with van der Waals surface area (Å²) >= 11 is 6.14. The van der Waals surface area contributed by atoms with Gasteiger partial charge in [0.05, 0.1) is 0 Å². The second-order valence-electron chi connectivity index (χ2n) is 8.32. The maximum atomic E-state index is 13.0. The van der Waals surface area contributed by atoms with Crippen LogP contribution in [0.3, 0.4) is 0 Å². The van der Waals surface area contributed by atoms with Gasteiger partial charge >= 0.3 is 0 Å². The van der Waals surface area contributed by atoms with Crippen LogP contribution in [0.2, 0.25) is 5.02 Å². The van der Waals surface area contributed by atoms with E-state index >= 15 is 0 Å². The highest BCUT2D eigenvalue weighted by Crippen LogP contribution is 2.32. The molecule has 3 atom stereocenters. The summed E-state index contributed by atoms with van der Waals surface area (Å²) in [5.41, 5.74) is 8.21. The molecule has 0 radical (unpaired) electrons. The number of benzene rings is 1. The minimum absolute atomic E-state index is 0.0190. The zero-order valence-corrected chi connectivity index (χ0v) is 17.1. The van der Waals surface area contributed by atoms with Gasteiger partial charge in [0, 0.05) is 41.7 Å². The molecule has 1 aromatic rings. The number of rotatable bonds is 3. The Hall–Kier alpha value is -1.63. The van der Waals surface area contributed by atoms with Crippen LogP contribution in [0.25, 0.3) is 0 Å². The lowest BCUT2D eigenvalue weighted by Crippen LogP contribution is -2.51. The van der Waals surface area contributed by atoms with Gasteiger partial charge in [-0.1, -0.05) is 30.5 Å². The maximum absolute atomic E-state index is 13.0. The molecule has 3 fully saturated rings. The Balaban J connectivity index is 1.31. The Labute approximate surface area is 171 Å². The first-order valence-corrected chi connectivity index (χ1v) is 10.8. The highest BCUT2D eigenvalue weighted by molar-refractivity contribution is 6.31. The molecule has 1 aliphatic carbocycles. The number of likely N-dealkylation sites (tertiary alicyclic amines) is 1. The Morgan fingerprint density at radius 3 is 2.64 bits per heavy atom. The third-order valence-electron chi connectivity index (χ3n) is 6.64. The number of nitrogens with zero attached hydrogens (tertiary/aromatic N) is 1. The van der Waals surface area contributed by atoms with E-state index in [1.54, 1.807) is 0 Å². The van der Waals surface area contributed by atoms with E-state index in [-0.39, 0.29) is 23.8 Å². The van der Waals surface area contributed by atoms with Crippen LogP contribution in [0.4, 0.5) is 5.69 Å². The number of amides is 2. The molecule has 2 aliphatic heterocycles. The minimum atomic E-state index is -0.121. The van der Waals surface area contributed by atoms with Crippen LogP contribution in [-0.4, -0.2) is 41.9 Å². The van der Waals surface area contributed by atoms with Gasteiger partial charge in [0.25, 0.3) is 0 Å². The van der Waals surface area contributed by atoms with Crippen LogP contribution in [0.5, 0.6) is 0 Å². The first-order chi connectivity index (χ1) is 13.5. The summed E-state index contributed by atoms with van der Waals surface area (Å²) in [4.78, 5) is 27.6. The average Bonchev–Trinajstić information content (AvgIpc) is 3.15. The van der Waals surface area contributed by atoms with E-state index in [0.29, 0.717) is 42.9 Å². The van der Waals surface area contributed by atoms with Crippen molar-refractivity contribution in [3.05, 3.63) is 28.8 Å². The molecule has 4 rings (SSSR count). The van der Waals surface area contributed by atoms with Gasteiger partial charge in [-0.25, -0.2) is 5.43 Å². The summed E-state index contributed by atoms with van der Waals surface area (Å²) in [7, 11) is 0. The normalized spacial score (nSPS) is 28.1. The topological polar surface area (TPSA) is 73.5 Å². The molecule has 1 saturated carbocycles. The van der Waals surface area contributed by atoms with Crippen molar-refractivity contribution in [2.45, 2.75) is 57.5 Å². The number of hydrogen-bond acceptors (Lipinski definition) is 4. The first-order valence-electron chi connectivity index (χ1n) is 10.4. The Morgan fingerprint density at radius 2 is 1.86 bits per heavy atom. The second kappa shape index (κ2) is 8.39. The van der Waals surface area contributed by atoms with Gasteiger partial charge in [-0.3, -0.25) is 15.0 Å². The largest absolute Gasteiger partial charge is 0.341 e. The molecule has 0 spiro atoms. The maximum Gasteiger partial charge on any atom is 0.241 e. The smallest absolute Gasteiger partial charge is 0.241 e. The van der Waals surface area contributed by atoms with Crippen molar-refractivity contribution in [2.24, 2.45) is 11.8 Å². The number of anilines is 1. The summed E-state index contributed by atoms with van der Waals surface area (Å²) in [6, 6.07) is 5.83. The molecule has 3 N–H and O–H groups in total. The standard InChI is InChI=1S/C21H29ClN4O2/c1-13-16(22)6-4-8-17(13)23-20(27)14-9-11-26(12-10-14)21(28)19-15-5-2-3-7-18(15)24-25-19/h4,6,8,14-15,18-19,24-25H,2-3,5,7,9-12H2,1H3,(H,23,27). The quantitative estimate of drug-likeness (QED) is 0.724. The van der Waals surface area contributed by atoms with E-state index < -0.39 is 0 Å². The van der Waals surface area contributed by atoms with Crippen LogP contribution in [0, 0.1) is 18.8 Å². The molecule has 7 heteroatoms. The molecule has 2 amide bonds. The minimum Gasteiger partial charge on any atom is -0.341 e. The van der Waals surface area contributed by atoms with Gasteiger partial charge in [0.2, 0.25) is 11.8 Å². The van der Waals surface area contributed by atoms with Crippen LogP contribution < -0.4 is 16.2 Å². The molecular formula is C21H29ClN4O2. The SMILES string of the molecule is Cc1c(Cl)cccc1NC(=O)C1CCN(C(=O)C2NNC3CCCCC32)CC1. The van der Waals surface area contributed by atoms with Crippen molar-refractivity contribution >= 4 is 29.1 Å². The van der Waals surface area contributed by atoms with Gasteiger partial charge in [-0.15, -0.1) is 0 Å². The van der Waals surface area contributed by atoms with Gasteiger partial charge in [-0.2, -0.15) is 0 Å². The Morgan fingerprint density at radius 1 is 1.11 bits per heavy atom. The molecule has 2 heterocycles. The van der Waals surface area contributed by atoms with Crippen molar-refractivity contribution in [2.75, 3.05) is 18.4 Å². The number of hydrogen-bond donors (Lipinski definition) is 3. The van der Waals surface area contributed by atoms with Crippen LogP contribution in [-0.2, 0) is 9.59 Å². The summed E-state index contributed by atoms with van der Waals surface area (Å²) < 4.78 is 0. The summed E-state index contributed by atoms with van der Waals surface area (Å²) in [5, 5.41) is 3.66. The molecule has 0 aromatic heterocycles. The van der Waals surface area contributed by atoms with Crippen LogP contribution in [0.15, 0.2) is 18.2 Å². The van der Waals surface area contributed by atoms with Gasteiger partial charge in [-0.05, 0) is 50.3 Å². The molecule has 1 aromatic carbocycles. The second-order valence-corrected chi connectivity index (χ2v) is 8.73. The van der Waals surface area contributed by atoms with E-state index in [2.05, 4.69) is 16.2 Å². The number of piperidine rings is 1. The van der Waals surface area contributed by atoms with Crippen molar-refractivity contribution in [1.82, 2.24) is 15.8 Å².